The lowest BCUT2D eigenvalue weighted by Gasteiger charge is -2.34. The number of nitriles is 1. The van der Waals surface area contributed by atoms with Crippen molar-refractivity contribution in [3.05, 3.63) is 59.9 Å². The minimum atomic E-state index is -0.181. The molecule has 0 saturated carbocycles. The molecule has 0 aliphatic carbocycles. The first-order valence-corrected chi connectivity index (χ1v) is 8.67. The predicted octanol–water partition coefficient (Wildman–Crippen LogP) is 2.00. The molecule has 3 aromatic heterocycles. The summed E-state index contributed by atoms with van der Waals surface area (Å²) in [5.74, 6) is 1.31. The van der Waals surface area contributed by atoms with Crippen LogP contribution in [0.1, 0.15) is 21.7 Å². The van der Waals surface area contributed by atoms with Gasteiger partial charge in [0.05, 0.1) is 0 Å². The SMILES string of the molecule is Cc1oc(-n2cccc2)c(C#N)c1C(=O)N1CCN(c2ncccn2)CC1. The normalized spacial score (nSPS) is 14.2. The van der Waals surface area contributed by atoms with Gasteiger partial charge >= 0.3 is 0 Å². The zero-order valence-electron chi connectivity index (χ0n) is 14.9. The Morgan fingerprint density at radius 2 is 1.78 bits per heavy atom. The Morgan fingerprint density at radius 1 is 1.11 bits per heavy atom. The summed E-state index contributed by atoms with van der Waals surface area (Å²) >= 11 is 0. The first-order chi connectivity index (χ1) is 13.2. The molecular formula is C19H18N6O2. The molecule has 0 bridgehead atoms. The second-order valence-electron chi connectivity index (χ2n) is 6.24. The molecule has 0 unspecified atom stereocenters. The van der Waals surface area contributed by atoms with Gasteiger partial charge in [0.15, 0.2) is 0 Å². The van der Waals surface area contributed by atoms with Gasteiger partial charge in [0.25, 0.3) is 5.91 Å². The van der Waals surface area contributed by atoms with Gasteiger partial charge in [0, 0.05) is 51.0 Å². The highest BCUT2D eigenvalue weighted by atomic mass is 16.4. The first kappa shape index (κ1) is 16.8. The number of carbonyl (C=O) groups excluding carboxylic acids is 1. The van der Waals surface area contributed by atoms with Gasteiger partial charge in [-0.3, -0.25) is 9.36 Å². The molecule has 1 saturated heterocycles. The molecule has 0 spiro atoms. The molecule has 27 heavy (non-hydrogen) atoms. The van der Waals surface area contributed by atoms with E-state index in [0.717, 1.165) is 0 Å². The number of furan rings is 1. The number of hydrogen-bond donors (Lipinski definition) is 0. The highest BCUT2D eigenvalue weighted by Gasteiger charge is 2.30. The number of rotatable bonds is 3. The topological polar surface area (TPSA) is 91.2 Å². The number of piperazine rings is 1. The minimum absolute atomic E-state index is 0.181. The number of carbonyl (C=O) groups is 1. The molecule has 0 atom stereocenters. The molecule has 1 fully saturated rings. The molecule has 1 aliphatic rings. The van der Waals surface area contributed by atoms with Crippen molar-refractivity contribution in [2.45, 2.75) is 6.92 Å². The molecule has 1 aliphatic heterocycles. The maximum absolute atomic E-state index is 13.1. The van der Waals surface area contributed by atoms with Crippen molar-refractivity contribution in [2.75, 3.05) is 31.1 Å². The summed E-state index contributed by atoms with van der Waals surface area (Å²) in [6, 6.07) is 7.59. The van der Waals surface area contributed by atoms with Gasteiger partial charge in [-0.25, -0.2) is 9.97 Å². The Labute approximate surface area is 156 Å². The maximum Gasteiger partial charge on any atom is 0.258 e. The average molecular weight is 362 g/mol. The molecule has 136 valence electrons. The van der Waals surface area contributed by atoms with E-state index in [9.17, 15) is 10.1 Å². The third kappa shape index (κ3) is 3.04. The van der Waals surface area contributed by atoms with Gasteiger partial charge in [-0.15, -0.1) is 0 Å². The summed E-state index contributed by atoms with van der Waals surface area (Å²) in [4.78, 5) is 25.4. The maximum atomic E-state index is 13.1. The van der Waals surface area contributed by atoms with E-state index >= 15 is 0 Å². The van der Waals surface area contributed by atoms with Gasteiger partial charge in [0.2, 0.25) is 11.8 Å². The second-order valence-corrected chi connectivity index (χ2v) is 6.24. The monoisotopic (exact) mass is 362 g/mol. The summed E-state index contributed by atoms with van der Waals surface area (Å²) in [7, 11) is 0. The van der Waals surface area contributed by atoms with Crippen LogP contribution in [0.3, 0.4) is 0 Å². The van der Waals surface area contributed by atoms with Crippen LogP contribution in [0.4, 0.5) is 5.95 Å². The van der Waals surface area contributed by atoms with Crippen molar-refractivity contribution in [2.24, 2.45) is 0 Å². The van der Waals surface area contributed by atoms with Gasteiger partial charge in [0.1, 0.15) is 23.0 Å². The largest absolute Gasteiger partial charge is 0.443 e. The van der Waals surface area contributed by atoms with Crippen molar-refractivity contribution >= 4 is 11.9 Å². The summed E-state index contributed by atoms with van der Waals surface area (Å²) < 4.78 is 7.45. The highest BCUT2D eigenvalue weighted by molar-refractivity contribution is 5.98. The summed E-state index contributed by atoms with van der Waals surface area (Å²) in [5.41, 5.74) is 0.605. The van der Waals surface area contributed by atoms with Gasteiger partial charge in [-0.05, 0) is 25.1 Å². The standard InChI is InChI=1S/C19H18N6O2/c1-14-16(15(13-20)18(27-14)24-7-2-3-8-24)17(26)23-9-11-25(12-10-23)19-21-5-4-6-22-19/h2-8H,9-12H2,1H3. The Balaban J connectivity index is 1.55. The van der Waals surface area contributed by atoms with Gasteiger partial charge < -0.3 is 14.2 Å². The van der Waals surface area contributed by atoms with Crippen LogP contribution in [0.5, 0.6) is 0 Å². The molecule has 4 heterocycles. The van der Waals surface area contributed by atoms with E-state index < -0.39 is 0 Å². The molecule has 0 radical (unpaired) electrons. The first-order valence-electron chi connectivity index (χ1n) is 8.67. The van der Waals surface area contributed by atoms with E-state index in [1.807, 2.05) is 17.0 Å². The van der Waals surface area contributed by atoms with Crippen molar-refractivity contribution in [1.29, 1.82) is 5.26 Å². The van der Waals surface area contributed by atoms with Crippen LogP contribution in [-0.4, -0.2) is 51.5 Å². The van der Waals surface area contributed by atoms with Crippen molar-refractivity contribution in [3.63, 3.8) is 0 Å². The van der Waals surface area contributed by atoms with Crippen LogP contribution in [0.2, 0.25) is 0 Å². The van der Waals surface area contributed by atoms with Crippen LogP contribution in [0.25, 0.3) is 5.88 Å². The summed E-state index contributed by atoms with van der Waals surface area (Å²) in [5, 5.41) is 9.63. The quantitative estimate of drug-likeness (QED) is 0.708. The van der Waals surface area contributed by atoms with Gasteiger partial charge in [-0.1, -0.05) is 0 Å². The highest BCUT2D eigenvalue weighted by Crippen LogP contribution is 2.27. The lowest BCUT2D eigenvalue weighted by molar-refractivity contribution is 0.0744. The molecule has 8 nitrogen and oxygen atoms in total. The molecule has 8 heteroatoms. The minimum Gasteiger partial charge on any atom is -0.443 e. The lowest BCUT2D eigenvalue weighted by atomic mass is 10.1. The van der Waals surface area contributed by atoms with Crippen molar-refractivity contribution in [3.8, 4) is 12.0 Å². The number of nitrogens with zero attached hydrogens (tertiary/aromatic N) is 6. The third-order valence-corrected chi connectivity index (χ3v) is 4.63. The van der Waals surface area contributed by atoms with Crippen LogP contribution in [-0.2, 0) is 0 Å². The number of anilines is 1. The van der Waals surface area contributed by atoms with E-state index in [-0.39, 0.29) is 11.5 Å². The Kier molecular flexibility index (Phi) is 4.34. The average Bonchev–Trinajstić information content (AvgIpc) is 3.35. The Morgan fingerprint density at radius 3 is 2.41 bits per heavy atom. The number of amides is 1. The van der Waals surface area contributed by atoms with Crippen LogP contribution >= 0.6 is 0 Å². The Bertz CT molecular complexity index is 979. The molecule has 4 rings (SSSR count). The fourth-order valence-electron chi connectivity index (χ4n) is 3.27. The van der Waals surface area contributed by atoms with Crippen molar-refractivity contribution < 1.29 is 9.21 Å². The lowest BCUT2D eigenvalue weighted by Crippen LogP contribution is -2.49. The summed E-state index contributed by atoms with van der Waals surface area (Å²) in [6.07, 6.45) is 6.98. The molecule has 0 aromatic carbocycles. The van der Waals surface area contributed by atoms with Crippen LogP contribution in [0, 0.1) is 18.3 Å². The fourth-order valence-corrected chi connectivity index (χ4v) is 3.27. The molecule has 0 N–H and O–H groups in total. The molecule has 3 aromatic rings. The third-order valence-electron chi connectivity index (χ3n) is 4.63. The van der Waals surface area contributed by atoms with E-state index in [4.69, 9.17) is 4.42 Å². The smallest absolute Gasteiger partial charge is 0.258 e. The van der Waals surface area contributed by atoms with Gasteiger partial charge in [-0.2, -0.15) is 5.26 Å². The van der Waals surface area contributed by atoms with E-state index in [0.29, 0.717) is 49.3 Å². The second kappa shape index (κ2) is 6.96. The van der Waals surface area contributed by atoms with Crippen LogP contribution < -0.4 is 4.90 Å². The molecule has 1 amide bonds. The number of aryl methyl sites for hydroxylation is 1. The fraction of sp³-hybridized carbons (Fsp3) is 0.263. The number of aromatic nitrogens is 3. The zero-order valence-corrected chi connectivity index (χ0v) is 14.9. The van der Waals surface area contributed by atoms with Crippen LogP contribution in [0.15, 0.2) is 47.4 Å². The summed E-state index contributed by atoms with van der Waals surface area (Å²) in [6.45, 7) is 4.06. The van der Waals surface area contributed by atoms with Crippen molar-refractivity contribution in [1.82, 2.24) is 19.4 Å². The Hall–Kier alpha value is -3.60. The predicted molar refractivity (Wildman–Crippen MR) is 97.6 cm³/mol. The van der Waals surface area contributed by atoms with E-state index in [1.54, 1.807) is 47.2 Å². The van der Waals surface area contributed by atoms with E-state index in [2.05, 4.69) is 16.0 Å². The molecular weight excluding hydrogens is 344 g/mol. The van der Waals surface area contributed by atoms with E-state index in [1.165, 1.54) is 0 Å². The zero-order chi connectivity index (χ0) is 18.8. The number of hydrogen-bond acceptors (Lipinski definition) is 6.